The first kappa shape index (κ1) is 12.2. The van der Waals surface area contributed by atoms with Crippen molar-refractivity contribution < 1.29 is 4.79 Å². The molecule has 1 aromatic heterocycles. The summed E-state index contributed by atoms with van der Waals surface area (Å²) >= 11 is 0. The van der Waals surface area contributed by atoms with Gasteiger partial charge in [0.1, 0.15) is 0 Å². The van der Waals surface area contributed by atoms with Crippen molar-refractivity contribution in [3.05, 3.63) is 36.2 Å². The van der Waals surface area contributed by atoms with E-state index in [0.29, 0.717) is 11.3 Å². The Bertz CT molecular complexity index is 586. The van der Waals surface area contributed by atoms with Gasteiger partial charge in [-0.15, -0.1) is 0 Å². The molecule has 5 nitrogen and oxygen atoms in total. The zero-order chi connectivity index (χ0) is 13.3. The van der Waals surface area contributed by atoms with Gasteiger partial charge in [0, 0.05) is 44.2 Å². The second-order valence-electron chi connectivity index (χ2n) is 4.45. The minimum atomic E-state index is -0.0626. The summed E-state index contributed by atoms with van der Waals surface area (Å²) in [5, 5.41) is 4.11. The predicted octanol–water partition coefficient (Wildman–Crippen LogP) is 1.37. The smallest absolute Gasteiger partial charge is 0.253 e. The Kier molecular flexibility index (Phi) is 3.06. The van der Waals surface area contributed by atoms with Gasteiger partial charge in [0.2, 0.25) is 0 Å². The van der Waals surface area contributed by atoms with Gasteiger partial charge in [-0.3, -0.25) is 9.48 Å². The van der Waals surface area contributed by atoms with Crippen LogP contribution >= 0.6 is 0 Å². The summed E-state index contributed by atoms with van der Waals surface area (Å²) in [5.74, 6) is -0.0626. The summed E-state index contributed by atoms with van der Waals surface area (Å²) in [7, 11) is 5.28. The number of carbonyl (C=O) groups is 1. The molecule has 18 heavy (non-hydrogen) atoms. The number of nitrogens with zero attached hydrogens (tertiary/aromatic N) is 3. The first-order valence-corrected chi connectivity index (χ1v) is 5.58. The fraction of sp³-hybridized carbons (Fsp3) is 0.231. The number of benzene rings is 1. The highest BCUT2D eigenvalue weighted by molar-refractivity contribution is 5.96. The van der Waals surface area contributed by atoms with E-state index in [-0.39, 0.29) is 5.91 Å². The Labute approximate surface area is 106 Å². The van der Waals surface area contributed by atoms with Gasteiger partial charge in [0.05, 0.1) is 6.20 Å². The molecule has 0 unspecified atom stereocenters. The summed E-state index contributed by atoms with van der Waals surface area (Å²) in [6.45, 7) is 0. The van der Waals surface area contributed by atoms with Crippen LogP contribution in [0.5, 0.6) is 0 Å². The van der Waals surface area contributed by atoms with Gasteiger partial charge in [-0.05, 0) is 23.8 Å². The van der Waals surface area contributed by atoms with E-state index in [0.717, 1.165) is 11.1 Å². The van der Waals surface area contributed by atoms with Gasteiger partial charge < -0.3 is 10.6 Å². The van der Waals surface area contributed by atoms with Gasteiger partial charge in [-0.2, -0.15) is 5.10 Å². The van der Waals surface area contributed by atoms with Crippen LogP contribution in [0.1, 0.15) is 10.4 Å². The Morgan fingerprint density at radius 2 is 2.00 bits per heavy atom. The number of aromatic nitrogens is 2. The SMILES string of the molecule is CN(C)C(=O)c1cc(N)cc(-c2cnn(C)c2)c1. The predicted molar refractivity (Wildman–Crippen MR) is 71.1 cm³/mol. The average molecular weight is 244 g/mol. The monoisotopic (exact) mass is 244 g/mol. The molecule has 0 spiro atoms. The third-order valence-electron chi connectivity index (χ3n) is 2.65. The summed E-state index contributed by atoms with van der Waals surface area (Å²) < 4.78 is 1.71. The van der Waals surface area contributed by atoms with Crippen LogP contribution < -0.4 is 5.73 Å². The van der Waals surface area contributed by atoms with Crippen LogP contribution in [-0.2, 0) is 7.05 Å². The molecule has 5 heteroatoms. The number of rotatable bonds is 2. The molecule has 0 atom stereocenters. The number of hydrogen-bond acceptors (Lipinski definition) is 3. The Hall–Kier alpha value is -2.30. The molecule has 0 saturated carbocycles. The molecule has 1 heterocycles. The third-order valence-corrected chi connectivity index (χ3v) is 2.65. The van der Waals surface area contributed by atoms with Crippen molar-refractivity contribution >= 4 is 11.6 Å². The molecule has 94 valence electrons. The summed E-state index contributed by atoms with van der Waals surface area (Å²) in [6, 6.07) is 5.35. The van der Waals surface area contributed by atoms with E-state index >= 15 is 0 Å². The second kappa shape index (κ2) is 4.52. The average Bonchev–Trinajstić information content (AvgIpc) is 2.74. The highest BCUT2D eigenvalue weighted by Gasteiger charge is 2.11. The Morgan fingerprint density at radius 1 is 1.28 bits per heavy atom. The molecule has 0 radical (unpaired) electrons. The number of aryl methyl sites for hydroxylation is 1. The Morgan fingerprint density at radius 3 is 2.56 bits per heavy atom. The van der Waals surface area contributed by atoms with Crippen molar-refractivity contribution in [2.75, 3.05) is 19.8 Å². The van der Waals surface area contributed by atoms with Crippen LogP contribution in [0.15, 0.2) is 30.6 Å². The van der Waals surface area contributed by atoms with Gasteiger partial charge in [-0.1, -0.05) is 0 Å². The first-order valence-electron chi connectivity index (χ1n) is 5.58. The molecule has 0 bridgehead atoms. The molecule has 0 fully saturated rings. The summed E-state index contributed by atoms with van der Waals surface area (Å²) in [5.41, 5.74) is 8.84. The van der Waals surface area contributed by atoms with E-state index < -0.39 is 0 Å². The van der Waals surface area contributed by atoms with Crippen molar-refractivity contribution in [1.82, 2.24) is 14.7 Å². The molecule has 0 aliphatic heterocycles. The molecule has 0 aliphatic rings. The lowest BCUT2D eigenvalue weighted by Gasteiger charge is -2.11. The van der Waals surface area contributed by atoms with Gasteiger partial charge in [0.25, 0.3) is 5.91 Å². The topological polar surface area (TPSA) is 64.2 Å². The fourth-order valence-corrected chi connectivity index (χ4v) is 1.77. The first-order chi connectivity index (χ1) is 8.47. The van der Waals surface area contributed by atoms with Crippen LogP contribution in [0, 0.1) is 0 Å². The molecule has 1 amide bonds. The van der Waals surface area contributed by atoms with Crippen molar-refractivity contribution in [3.63, 3.8) is 0 Å². The summed E-state index contributed by atoms with van der Waals surface area (Å²) in [6.07, 6.45) is 3.64. The fourth-order valence-electron chi connectivity index (χ4n) is 1.77. The third kappa shape index (κ3) is 2.34. The Balaban J connectivity index is 2.47. The number of amides is 1. The van der Waals surface area contributed by atoms with Crippen molar-refractivity contribution in [1.29, 1.82) is 0 Å². The minimum absolute atomic E-state index is 0.0626. The number of carbonyl (C=O) groups excluding carboxylic acids is 1. The van der Waals surface area contributed by atoms with E-state index in [2.05, 4.69) is 5.10 Å². The number of hydrogen-bond donors (Lipinski definition) is 1. The molecule has 2 aromatic rings. The lowest BCUT2D eigenvalue weighted by molar-refractivity contribution is 0.0827. The van der Waals surface area contributed by atoms with Gasteiger partial charge >= 0.3 is 0 Å². The number of nitrogens with two attached hydrogens (primary N) is 1. The van der Waals surface area contributed by atoms with E-state index in [1.807, 2.05) is 25.4 Å². The van der Waals surface area contributed by atoms with Crippen molar-refractivity contribution in [2.24, 2.45) is 7.05 Å². The quantitative estimate of drug-likeness (QED) is 0.811. The van der Waals surface area contributed by atoms with Gasteiger partial charge in [0.15, 0.2) is 0 Å². The van der Waals surface area contributed by atoms with Crippen molar-refractivity contribution in [2.45, 2.75) is 0 Å². The lowest BCUT2D eigenvalue weighted by Crippen LogP contribution is -2.21. The molecule has 2 rings (SSSR count). The normalized spacial score (nSPS) is 10.4. The van der Waals surface area contributed by atoms with E-state index in [1.54, 1.807) is 31.0 Å². The molecular formula is C13H16N4O. The number of anilines is 1. The van der Waals surface area contributed by atoms with Crippen molar-refractivity contribution in [3.8, 4) is 11.1 Å². The zero-order valence-electron chi connectivity index (χ0n) is 10.7. The van der Waals surface area contributed by atoms with Crippen LogP contribution in [0.2, 0.25) is 0 Å². The highest BCUT2D eigenvalue weighted by Crippen LogP contribution is 2.23. The lowest BCUT2D eigenvalue weighted by atomic mass is 10.0. The van der Waals surface area contributed by atoms with E-state index in [4.69, 9.17) is 5.73 Å². The van der Waals surface area contributed by atoms with Crippen LogP contribution in [0.25, 0.3) is 11.1 Å². The van der Waals surface area contributed by atoms with E-state index in [9.17, 15) is 4.79 Å². The van der Waals surface area contributed by atoms with Crippen LogP contribution in [0.4, 0.5) is 5.69 Å². The highest BCUT2D eigenvalue weighted by atomic mass is 16.2. The molecule has 0 saturated heterocycles. The summed E-state index contributed by atoms with van der Waals surface area (Å²) in [4.78, 5) is 13.5. The largest absolute Gasteiger partial charge is 0.399 e. The maximum absolute atomic E-state index is 11.9. The number of nitrogen functional groups attached to an aromatic ring is 1. The zero-order valence-corrected chi connectivity index (χ0v) is 10.7. The van der Waals surface area contributed by atoms with Crippen LogP contribution in [0.3, 0.4) is 0 Å². The minimum Gasteiger partial charge on any atom is -0.399 e. The standard InChI is InChI=1S/C13H16N4O/c1-16(2)13(18)10-4-9(5-12(14)6-10)11-7-15-17(3)8-11/h4-8H,14H2,1-3H3. The molecular weight excluding hydrogens is 228 g/mol. The maximum atomic E-state index is 11.9. The second-order valence-corrected chi connectivity index (χ2v) is 4.45. The molecule has 1 aromatic carbocycles. The maximum Gasteiger partial charge on any atom is 0.253 e. The molecule has 0 aliphatic carbocycles. The van der Waals surface area contributed by atoms with Crippen LogP contribution in [-0.4, -0.2) is 34.7 Å². The molecule has 2 N–H and O–H groups in total. The van der Waals surface area contributed by atoms with E-state index in [1.165, 1.54) is 4.90 Å². The van der Waals surface area contributed by atoms with Gasteiger partial charge in [-0.25, -0.2) is 0 Å².